The summed E-state index contributed by atoms with van der Waals surface area (Å²) in [5.74, 6) is 0. The molecule has 1 N–H and O–H groups in total. The second kappa shape index (κ2) is 7.76. The smallest absolute Gasteiger partial charge is 0.0931 e. The van der Waals surface area contributed by atoms with Crippen molar-refractivity contribution in [2.45, 2.75) is 32.2 Å². The topological polar surface area (TPSA) is 32.7 Å². The minimum Gasteiger partial charge on any atom is -0.396 e. The molecule has 0 bridgehead atoms. The maximum atomic E-state index is 9.84. The van der Waals surface area contributed by atoms with Crippen LogP contribution in [0.4, 0.5) is 0 Å². The number of halogens is 1. The van der Waals surface area contributed by atoms with Crippen LogP contribution in [0.1, 0.15) is 30.6 Å². The Morgan fingerprint density at radius 1 is 1.50 bits per heavy atom. The van der Waals surface area contributed by atoms with E-state index in [0.717, 1.165) is 56.3 Å². The van der Waals surface area contributed by atoms with E-state index in [4.69, 9.17) is 16.3 Å². The number of likely N-dealkylation sites (tertiary alicyclic amines) is 1. The van der Waals surface area contributed by atoms with Crippen molar-refractivity contribution in [3.05, 3.63) is 21.3 Å². The lowest BCUT2D eigenvalue weighted by molar-refractivity contribution is 0.0162. The number of hydrogen-bond acceptors (Lipinski definition) is 4. The van der Waals surface area contributed by atoms with E-state index in [0.29, 0.717) is 0 Å². The Kier molecular flexibility index (Phi) is 6.30. The Bertz CT molecular complexity index is 412. The van der Waals surface area contributed by atoms with Crippen LogP contribution in [0.3, 0.4) is 0 Å². The van der Waals surface area contributed by atoms with Crippen LogP contribution in [0.15, 0.2) is 12.1 Å². The van der Waals surface area contributed by atoms with Crippen LogP contribution in [0, 0.1) is 5.41 Å². The summed E-state index contributed by atoms with van der Waals surface area (Å²) in [6, 6.07) is 4.07. The van der Waals surface area contributed by atoms with Crippen molar-refractivity contribution in [3.63, 3.8) is 0 Å². The largest absolute Gasteiger partial charge is 0.396 e. The van der Waals surface area contributed by atoms with Gasteiger partial charge < -0.3 is 9.84 Å². The first kappa shape index (κ1) is 16.2. The lowest BCUT2D eigenvalue weighted by atomic mass is 9.77. The van der Waals surface area contributed by atoms with Crippen LogP contribution in [0.2, 0.25) is 4.34 Å². The molecule has 1 aromatic heterocycles. The summed E-state index contributed by atoms with van der Waals surface area (Å²) in [4.78, 5) is 3.76. The van der Waals surface area contributed by atoms with E-state index in [2.05, 4.69) is 11.0 Å². The zero-order chi connectivity index (χ0) is 14.4. The molecule has 5 heteroatoms. The molecule has 0 spiro atoms. The summed E-state index contributed by atoms with van der Waals surface area (Å²) in [5, 5.41) is 9.84. The van der Waals surface area contributed by atoms with Crippen molar-refractivity contribution >= 4 is 22.9 Å². The Balaban J connectivity index is 1.91. The van der Waals surface area contributed by atoms with E-state index >= 15 is 0 Å². The third-order valence-corrected chi connectivity index (χ3v) is 5.36. The molecule has 1 aromatic rings. The molecule has 20 heavy (non-hydrogen) atoms. The lowest BCUT2D eigenvalue weighted by Gasteiger charge is -2.42. The maximum Gasteiger partial charge on any atom is 0.0931 e. The Morgan fingerprint density at radius 3 is 3.00 bits per heavy atom. The standard InChI is InChI=1S/C15H24ClNO2S/c1-19-9-3-7-15(12-18)6-2-8-17(11-15)10-13-4-5-14(16)20-13/h4-5,18H,2-3,6-12H2,1H3. The highest BCUT2D eigenvalue weighted by atomic mass is 35.5. The average molecular weight is 318 g/mol. The number of thiophene rings is 1. The van der Waals surface area contributed by atoms with Crippen LogP contribution in [0.25, 0.3) is 0 Å². The van der Waals surface area contributed by atoms with Gasteiger partial charge in [0.05, 0.1) is 4.34 Å². The number of ether oxygens (including phenoxy) is 1. The minimum absolute atomic E-state index is 0.0534. The van der Waals surface area contributed by atoms with Gasteiger partial charge in [0.15, 0.2) is 0 Å². The molecule has 1 saturated heterocycles. The number of piperidine rings is 1. The molecule has 2 heterocycles. The molecule has 0 saturated carbocycles. The minimum atomic E-state index is 0.0534. The van der Waals surface area contributed by atoms with Crippen molar-refractivity contribution in [3.8, 4) is 0 Å². The summed E-state index contributed by atoms with van der Waals surface area (Å²) in [5.41, 5.74) is 0.0534. The predicted octanol–water partition coefficient (Wildman–Crippen LogP) is 3.40. The highest BCUT2D eigenvalue weighted by molar-refractivity contribution is 7.16. The predicted molar refractivity (Wildman–Crippen MR) is 84.5 cm³/mol. The molecule has 0 aliphatic carbocycles. The van der Waals surface area contributed by atoms with Crippen LogP contribution >= 0.6 is 22.9 Å². The van der Waals surface area contributed by atoms with Gasteiger partial charge in [-0.1, -0.05) is 11.6 Å². The molecule has 1 aliphatic rings. The molecule has 1 fully saturated rings. The molecule has 0 aromatic carbocycles. The number of aliphatic hydroxyl groups is 1. The van der Waals surface area contributed by atoms with Gasteiger partial charge in [0, 0.05) is 43.7 Å². The molecular weight excluding hydrogens is 294 g/mol. The summed E-state index contributed by atoms with van der Waals surface area (Å²) < 4.78 is 5.99. The molecule has 1 unspecified atom stereocenters. The van der Waals surface area contributed by atoms with Gasteiger partial charge in [0.1, 0.15) is 0 Å². The highest BCUT2D eigenvalue weighted by Crippen LogP contribution is 2.35. The Hall–Kier alpha value is -0.130. The summed E-state index contributed by atoms with van der Waals surface area (Å²) in [6.07, 6.45) is 4.34. The van der Waals surface area contributed by atoms with Crippen molar-refractivity contribution in [2.24, 2.45) is 5.41 Å². The molecule has 2 rings (SSSR count). The van der Waals surface area contributed by atoms with Crippen molar-refractivity contribution < 1.29 is 9.84 Å². The quantitative estimate of drug-likeness (QED) is 0.782. The second-order valence-electron chi connectivity index (χ2n) is 5.77. The third-order valence-electron chi connectivity index (χ3n) is 4.14. The van der Waals surface area contributed by atoms with Crippen molar-refractivity contribution in [1.29, 1.82) is 0 Å². The molecule has 0 radical (unpaired) electrons. The zero-order valence-electron chi connectivity index (χ0n) is 12.1. The zero-order valence-corrected chi connectivity index (χ0v) is 13.7. The van der Waals surface area contributed by atoms with E-state index in [1.54, 1.807) is 18.4 Å². The van der Waals surface area contributed by atoms with Crippen molar-refractivity contribution in [2.75, 3.05) is 33.4 Å². The normalized spacial score (nSPS) is 24.1. The van der Waals surface area contributed by atoms with E-state index in [1.807, 2.05) is 6.07 Å². The first-order valence-corrected chi connectivity index (χ1v) is 8.43. The molecule has 1 atom stereocenters. The van der Waals surface area contributed by atoms with Gasteiger partial charge in [-0.15, -0.1) is 11.3 Å². The fourth-order valence-corrected chi connectivity index (χ4v) is 4.24. The number of aliphatic hydroxyl groups excluding tert-OH is 1. The van der Waals surface area contributed by atoms with Gasteiger partial charge in [0.2, 0.25) is 0 Å². The van der Waals surface area contributed by atoms with E-state index < -0.39 is 0 Å². The fraction of sp³-hybridized carbons (Fsp3) is 0.733. The third kappa shape index (κ3) is 4.43. The molecule has 1 aliphatic heterocycles. The SMILES string of the molecule is COCCCC1(CO)CCCN(Cc2ccc(Cl)s2)C1. The van der Waals surface area contributed by atoms with Crippen LogP contribution in [-0.2, 0) is 11.3 Å². The van der Waals surface area contributed by atoms with Gasteiger partial charge in [-0.25, -0.2) is 0 Å². The maximum absolute atomic E-state index is 9.84. The van der Waals surface area contributed by atoms with Gasteiger partial charge in [0.25, 0.3) is 0 Å². The highest BCUT2D eigenvalue weighted by Gasteiger charge is 2.34. The van der Waals surface area contributed by atoms with Gasteiger partial charge >= 0.3 is 0 Å². The first-order valence-electron chi connectivity index (χ1n) is 7.24. The van der Waals surface area contributed by atoms with E-state index in [-0.39, 0.29) is 12.0 Å². The number of methoxy groups -OCH3 is 1. The first-order chi connectivity index (χ1) is 9.67. The average Bonchev–Trinajstić information content (AvgIpc) is 2.85. The summed E-state index contributed by atoms with van der Waals surface area (Å²) in [6.45, 7) is 4.09. The van der Waals surface area contributed by atoms with Crippen LogP contribution in [-0.4, -0.2) is 43.4 Å². The molecule has 0 amide bonds. The fourth-order valence-electron chi connectivity index (χ4n) is 3.11. The van der Waals surface area contributed by atoms with E-state index in [9.17, 15) is 5.11 Å². The van der Waals surface area contributed by atoms with Gasteiger partial charge in [-0.3, -0.25) is 4.90 Å². The van der Waals surface area contributed by atoms with Crippen LogP contribution < -0.4 is 0 Å². The summed E-state index contributed by atoms with van der Waals surface area (Å²) in [7, 11) is 1.74. The number of hydrogen-bond donors (Lipinski definition) is 1. The Morgan fingerprint density at radius 2 is 2.35 bits per heavy atom. The second-order valence-corrected chi connectivity index (χ2v) is 7.57. The number of nitrogens with zero attached hydrogens (tertiary/aromatic N) is 1. The lowest BCUT2D eigenvalue weighted by Crippen LogP contribution is -2.45. The van der Waals surface area contributed by atoms with Gasteiger partial charge in [-0.2, -0.15) is 0 Å². The monoisotopic (exact) mass is 317 g/mol. The molecule has 114 valence electrons. The molecule has 3 nitrogen and oxygen atoms in total. The van der Waals surface area contributed by atoms with Crippen LogP contribution in [0.5, 0.6) is 0 Å². The Labute approximate surface area is 130 Å². The molecular formula is C15H24ClNO2S. The van der Waals surface area contributed by atoms with Gasteiger partial charge in [-0.05, 0) is 44.4 Å². The van der Waals surface area contributed by atoms with Crippen molar-refractivity contribution in [1.82, 2.24) is 4.90 Å². The number of rotatable bonds is 7. The van der Waals surface area contributed by atoms with E-state index in [1.165, 1.54) is 4.88 Å². The summed E-state index contributed by atoms with van der Waals surface area (Å²) >= 11 is 7.64.